The van der Waals surface area contributed by atoms with Gasteiger partial charge in [-0.05, 0) is 62.8 Å². The molecule has 1 heterocycles. The first-order valence-electron chi connectivity index (χ1n) is 8.53. The van der Waals surface area contributed by atoms with Crippen molar-refractivity contribution in [2.24, 2.45) is 11.7 Å². The van der Waals surface area contributed by atoms with Gasteiger partial charge in [-0.2, -0.15) is 4.31 Å². The monoisotopic (exact) mass is 352 g/mol. The lowest BCUT2D eigenvalue weighted by atomic mass is 9.99. The van der Waals surface area contributed by atoms with Gasteiger partial charge in [0.2, 0.25) is 15.9 Å². The quantitative estimate of drug-likeness (QED) is 0.876. The predicted octanol–water partition coefficient (Wildman–Crippen LogP) is 1.89. The zero-order valence-corrected chi connectivity index (χ0v) is 14.5. The van der Waals surface area contributed by atoms with E-state index < -0.39 is 21.8 Å². The topological polar surface area (TPSA) is 89.7 Å². The fourth-order valence-electron chi connectivity index (χ4n) is 3.43. The van der Waals surface area contributed by atoms with Crippen LogP contribution in [0.3, 0.4) is 0 Å². The van der Waals surface area contributed by atoms with Crippen molar-refractivity contribution in [2.75, 3.05) is 13.1 Å². The van der Waals surface area contributed by atoms with E-state index in [9.17, 15) is 13.2 Å². The average molecular weight is 352 g/mol. The van der Waals surface area contributed by atoms with Crippen LogP contribution in [0.2, 0.25) is 0 Å². The van der Waals surface area contributed by atoms with Crippen LogP contribution in [0.15, 0.2) is 29.2 Å². The molecule has 1 saturated heterocycles. The smallest absolute Gasteiger partial charge is 0.243 e. The van der Waals surface area contributed by atoms with Crippen LogP contribution in [0.4, 0.5) is 0 Å². The molecule has 6 nitrogen and oxygen atoms in total. The number of piperidine rings is 1. The molecule has 1 saturated carbocycles. The lowest BCUT2D eigenvalue weighted by molar-refractivity contribution is -0.122. The van der Waals surface area contributed by atoms with Gasteiger partial charge in [-0.25, -0.2) is 8.42 Å². The largest absolute Gasteiger partial charge is 0.490 e. The lowest BCUT2D eigenvalue weighted by Gasteiger charge is -2.30. The molecule has 2 aliphatic rings. The highest BCUT2D eigenvalue weighted by atomic mass is 32.2. The van der Waals surface area contributed by atoms with E-state index in [2.05, 4.69) is 0 Å². The number of benzene rings is 1. The molecule has 132 valence electrons. The fraction of sp³-hybridized carbons (Fsp3) is 0.588. The van der Waals surface area contributed by atoms with Crippen LogP contribution in [-0.4, -0.2) is 37.8 Å². The maximum Gasteiger partial charge on any atom is 0.243 e. The van der Waals surface area contributed by atoms with Crippen LogP contribution in [0.1, 0.15) is 38.5 Å². The summed E-state index contributed by atoms with van der Waals surface area (Å²) in [6, 6.07) is 6.57. The number of nitrogens with two attached hydrogens (primary N) is 1. The van der Waals surface area contributed by atoms with Gasteiger partial charge in [0.15, 0.2) is 0 Å². The minimum Gasteiger partial charge on any atom is -0.490 e. The summed E-state index contributed by atoms with van der Waals surface area (Å²) in [5.74, 6) is -0.136. The summed E-state index contributed by atoms with van der Waals surface area (Å²) in [7, 11) is -3.60. The first-order chi connectivity index (χ1) is 11.5. The Morgan fingerprint density at radius 1 is 1.08 bits per heavy atom. The second-order valence-corrected chi connectivity index (χ2v) is 8.54. The van der Waals surface area contributed by atoms with E-state index >= 15 is 0 Å². The Bertz CT molecular complexity index is 681. The van der Waals surface area contributed by atoms with Gasteiger partial charge in [-0.15, -0.1) is 0 Å². The summed E-state index contributed by atoms with van der Waals surface area (Å²) in [6.07, 6.45) is 6.03. The van der Waals surface area contributed by atoms with Crippen molar-refractivity contribution in [3.63, 3.8) is 0 Å². The van der Waals surface area contributed by atoms with Crippen LogP contribution in [-0.2, 0) is 14.8 Å². The summed E-state index contributed by atoms with van der Waals surface area (Å²) in [4.78, 5) is 11.6. The van der Waals surface area contributed by atoms with Gasteiger partial charge in [0.25, 0.3) is 0 Å². The maximum absolute atomic E-state index is 12.7. The van der Waals surface area contributed by atoms with E-state index in [1.807, 2.05) is 0 Å². The molecule has 0 aromatic heterocycles. The van der Waals surface area contributed by atoms with Crippen molar-refractivity contribution in [1.82, 2.24) is 4.31 Å². The molecule has 1 aliphatic carbocycles. The van der Waals surface area contributed by atoms with Crippen LogP contribution in [0.25, 0.3) is 0 Å². The third kappa shape index (κ3) is 3.72. The Hall–Kier alpha value is -1.60. The molecule has 24 heavy (non-hydrogen) atoms. The minimum absolute atomic E-state index is 0.165. The third-order valence-electron chi connectivity index (χ3n) is 4.85. The highest BCUT2D eigenvalue weighted by Gasteiger charge is 2.32. The van der Waals surface area contributed by atoms with E-state index in [0.717, 1.165) is 12.8 Å². The van der Waals surface area contributed by atoms with Gasteiger partial charge in [-0.3, -0.25) is 4.79 Å². The number of sulfonamides is 1. The molecule has 1 aromatic rings. The van der Waals surface area contributed by atoms with Crippen LogP contribution >= 0.6 is 0 Å². The van der Waals surface area contributed by atoms with Crippen LogP contribution in [0, 0.1) is 5.92 Å². The number of nitrogens with zero attached hydrogens (tertiary/aromatic N) is 1. The van der Waals surface area contributed by atoms with Crippen LogP contribution in [0.5, 0.6) is 5.75 Å². The summed E-state index contributed by atoms with van der Waals surface area (Å²) < 4.78 is 32.7. The van der Waals surface area contributed by atoms with Crippen molar-refractivity contribution >= 4 is 15.9 Å². The van der Waals surface area contributed by atoms with Gasteiger partial charge in [0.1, 0.15) is 5.75 Å². The normalized spacial score (nSPS) is 23.2. The Balaban J connectivity index is 1.70. The van der Waals surface area contributed by atoms with E-state index in [4.69, 9.17) is 10.5 Å². The molecular weight excluding hydrogens is 328 g/mol. The number of amides is 1. The van der Waals surface area contributed by atoms with Gasteiger partial charge >= 0.3 is 0 Å². The molecule has 0 radical (unpaired) electrons. The summed E-state index contributed by atoms with van der Waals surface area (Å²) >= 11 is 0. The molecule has 1 amide bonds. The van der Waals surface area contributed by atoms with Crippen molar-refractivity contribution in [1.29, 1.82) is 0 Å². The number of hydrogen-bond acceptors (Lipinski definition) is 4. The average Bonchev–Trinajstić information content (AvgIpc) is 3.08. The van der Waals surface area contributed by atoms with Gasteiger partial charge in [0.05, 0.1) is 16.9 Å². The predicted molar refractivity (Wildman–Crippen MR) is 90.0 cm³/mol. The summed E-state index contributed by atoms with van der Waals surface area (Å²) in [5.41, 5.74) is 5.33. The van der Waals surface area contributed by atoms with E-state index in [-0.39, 0.29) is 17.5 Å². The van der Waals surface area contributed by atoms with Gasteiger partial charge in [0, 0.05) is 13.1 Å². The Kier molecular flexibility index (Phi) is 5.10. The third-order valence-corrected chi connectivity index (χ3v) is 6.73. The number of carbonyl (C=O) groups is 1. The zero-order valence-electron chi connectivity index (χ0n) is 13.7. The van der Waals surface area contributed by atoms with E-state index in [1.54, 1.807) is 24.3 Å². The number of hydrogen-bond donors (Lipinski definition) is 1. The maximum atomic E-state index is 12.7. The Labute approximate surface area is 143 Å². The minimum atomic E-state index is -3.60. The first kappa shape index (κ1) is 17.2. The molecular formula is C17H24N2O4S. The van der Waals surface area contributed by atoms with Gasteiger partial charge in [-0.1, -0.05) is 0 Å². The molecule has 1 aromatic carbocycles. The molecule has 1 aliphatic heterocycles. The summed E-state index contributed by atoms with van der Waals surface area (Å²) in [6.45, 7) is 0.588. The number of ether oxygens (including phenoxy) is 1. The van der Waals surface area contributed by atoms with Gasteiger partial charge < -0.3 is 10.5 Å². The second kappa shape index (κ2) is 7.11. The van der Waals surface area contributed by atoms with Crippen molar-refractivity contribution < 1.29 is 17.9 Å². The molecule has 3 rings (SSSR count). The summed E-state index contributed by atoms with van der Waals surface area (Å²) in [5, 5.41) is 0. The molecule has 1 unspecified atom stereocenters. The zero-order chi connectivity index (χ0) is 17.2. The molecule has 7 heteroatoms. The first-order valence-corrected chi connectivity index (χ1v) is 9.97. The highest BCUT2D eigenvalue weighted by Crippen LogP contribution is 2.27. The number of rotatable bonds is 5. The molecule has 2 N–H and O–H groups in total. The lowest BCUT2D eigenvalue weighted by Crippen LogP contribution is -2.44. The molecule has 0 spiro atoms. The molecule has 1 atom stereocenters. The number of primary amides is 1. The van der Waals surface area contributed by atoms with E-state index in [1.165, 1.54) is 17.1 Å². The van der Waals surface area contributed by atoms with Crippen LogP contribution < -0.4 is 10.5 Å². The molecule has 0 bridgehead atoms. The second-order valence-electron chi connectivity index (χ2n) is 6.60. The Morgan fingerprint density at radius 3 is 2.38 bits per heavy atom. The standard InChI is InChI=1S/C17H24N2O4S/c18-17(20)13-4-3-11-19(12-13)24(21,22)16-9-7-15(8-10-16)23-14-5-1-2-6-14/h7-10,13-14H,1-6,11-12H2,(H2,18,20). The number of carbonyl (C=O) groups excluding carboxylic acids is 1. The SMILES string of the molecule is NC(=O)C1CCCN(S(=O)(=O)c2ccc(OC3CCCC3)cc2)C1. The fourth-order valence-corrected chi connectivity index (χ4v) is 4.95. The Morgan fingerprint density at radius 2 is 1.75 bits per heavy atom. The van der Waals surface area contributed by atoms with E-state index in [0.29, 0.717) is 25.1 Å². The highest BCUT2D eigenvalue weighted by molar-refractivity contribution is 7.89. The van der Waals surface area contributed by atoms with Crippen molar-refractivity contribution in [2.45, 2.75) is 49.5 Å². The molecule has 2 fully saturated rings. The van der Waals surface area contributed by atoms with Crippen molar-refractivity contribution in [3.8, 4) is 5.75 Å². The van der Waals surface area contributed by atoms with Crippen molar-refractivity contribution in [3.05, 3.63) is 24.3 Å².